The molecule has 0 aliphatic heterocycles. The van der Waals surface area contributed by atoms with Gasteiger partial charge < -0.3 is 18.7 Å². The monoisotopic (exact) mass is 1020 g/mol. The van der Waals surface area contributed by atoms with Crippen LogP contribution in [0.5, 0.6) is 0 Å². The Morgan fingerprint density at radius 3 is 1.14 bits per heavy atom. The Kier molecular flexibility index (Phi) is 29.4. The molecule has 0 heterocycles. The summed E-state index contributed by atoms with van der Waals surface area (Å²) in [7, 11) is -5.33. The first kappa shape index (κ1) is 62.5. The first-order valence-corrected chi connectivity index (χ1v) is 32.4. The summed E-state index contributed by atoms with van der Waals surface area (Å²) in [5.41, 5.74) is 0. The molecule has 4 aromatic rings. The summed E-state index contributed by atoms with van der Waals surface area (Å²) in [5.74, 6) is -1.04. The zero-order valence-corrected chi connectivity index (χ0v) is 49.0. The number of carbonyl (C=O) groups excluding carboxylic acids is 1. The topological polar surface area (TPSA) is 82.1 Å². The number of unbranched alkanes of at least 4 members (excludes halogenated alkanes) is 13. The molecule has 72 heavy (non-hydrogen) atoms. The lowest BCUT2D eigenvalue weighted by Crippen LogP contribution is -2.67. The van der Waals surface area contributed by atoms with Crippen molar-refractivity contribution in [3.8, 4) is 0 Å². The van der Waals surface area contributed by atoms with Crippen molar-refractivity contribution >= 4 is 49.3 Å². The molecule has 0 amide bonds. The number of ether oxygens (including phenoxy) is 1. The highest BCUT2D eigenvalue weighted by molar-refractivity contribution is 7.00. The normalized spacial score (nSPS) is 13.4. The Morgan fingerprint density at radius 1 is 0.444 bits per heavy atom. The van der Waals surface area contributed by atoms with Crippen LogP contribution in [-0.2, 0) is 23.2 Å². The molecule has 4 rings (SSSR count). The van der Waals surface area contributed by atoms with Gasteiger partial charge in [0.15, 0.2) is 0 Å². The summed E-state index contributed by atoms with van der Waals surface area (Å²) in [6.45, 7) is 23.5. The molecule has 0 radical (unpaired) electrons. The molecule has 8 heteroatoms. The van der Waals surface area contributed by atoms with Gasteiger partial charge in [-0.2, -0.15) is 0 Å². The van der Waals surface area contributed by atoms with Crippen LogP contribution in [0.3, 0.4) is 0 Å². The standard InChI is InChI=1S/2C32H50O3Si/c1-6-8-10-14-20-27(30(31(33)34)25-19-11-9-7-2)26-35-36(32(3,4)5,28-21-15-12-16-22-28)29-23-17-13-18-24-29;1-6-8-10-12-20-26-31(33)35-28(21-15-11-9-7-2)27-34-36(32(3,4)5,29-22-16-13-17-23-29)30-24-18-14-19-25-30/h12-13,15-18,21-24,27,30H,6-11,14,19-20,25-26H2,1-5H3,(H,33,34);13-14,16-19,22-25,28H,6-12,15,20-21,26-27H2,1-5H3. The highest BCUT2D eigenvalue weighted by Gasteiger charge is 2.52. The molecule has 4 aromatic carbocycles. The maximum atomic E-state index is 12.8. The fourth-order valence-corrected chi connectivity index (χ4v) is 19.9. The molecular formula is C64H100O6Si2. The summed E-state index contributed by atoms with van der Waals surface area (Å²) in [4.78, 5) is 25.3. The van der Waals surface area contributed by atoms with Crippen molar-refractivity contribution in [2.75, 3.05) is 13.2 Å². The van der Waals surface area contributed by atoms with E-state index in [9.17, 15) is 14.7 Å². The van der Waals surface area contributed by atoms with E-state index in [1.54, 1.807) is 0 Å². The zero-order valence-electron chi connectivity index (χ0n) is 47.0. The van der Waals surface area contributed by atoms with E-state index < -0.39 is 22.6 Å². The lowest BCUT2D eigenvalue weighted by Gasteiger charge is -2.44. The number of carboxylic acids is 1. The average molecular weight is 1020 g/mol. The average Bonchev–Trinajstić information content (AvgIpc) is 3.37. The van der Waals surface area contributed by atoms with Gasteiger partial charge in [0.25, 0.3) is 16.6 Å². The minimum atomic E-state index is -2.68. The van der Waals surface area contributed by atoms with Crippen molar-refractivity contribution in [1.82, 2.24) is 0 Å². The zero-order chi connectivity index (χ0) is 52.7. The van der Waals surface area contributed by atoms with Crippen molar-refractivity contribution in [2.45, 2.75) is 220 Å². The van der Waals surface area contributed by atoms with Crippen molar-refractivity contribution in [2.24, 2.45) is 11.8 Å². The number of carbonyl (C=O) groups is 2. The molecule has 3 unspecified atom stereocenters. The molecule has 400 valence electrons. The molecule has 0 fully saturated rings. The first-order chi connectivity index (χ1) is 34.6. The lowest BCUT2D eigenvalue weighted by molar-refractivity contribution is -0.151. The second kappa shape index (κ2) is 33.9. The van der Waals surface area contributed by atoms with Gasteiger partial charge in [-0.15, -0.1) is 0 Å². The summed E-state index contributed by atoms with van der Waals surface area (Å²) < 4.78 is 20.4. The fourth-order valence-electron chi connectivity index (χ4n) is 10.7. The molecule has 0 aliphatic carbocycles. The Balaban J connectivity index is 0.000000380. The van der Waals surface area contributed by atoms with E-state index in [1.807, 2.05) is 0 Å². The number of hydrogen-bond acceptors (Lipinski definition) is 5. The van der Waals surface area contributed by atoms with Crippen molar-refractivity contribution in [1.29, 1.82) is 0 Å². The molecular weight excluding hydrogens is 921 g/mol. The Hall–Kier alpha value is -3.83. The van der Waals surface area contributed by atoms with Gasteiger partial charge in [0.1, 0.15) is 6.10 Å². The number of carboxylic acid groups (broad SMARTS) is 1. The fraction of sp³-hybridized carbons (Fsp3) is 0.594. The third-order valence-electron chi connectivity index (χ3n) is 14.7. The van der Waals surface area contributed by atoms with Crippen LogP contribution in [0.25, 0.3) is 0 Å². The van der Waals surface area contributed by atoms with Gasteiger partial charge in [-0.05, 0) is 68.8 Å². The molecule has 1 N–H and O–H groups in total. The van der Waals surface area contributed by atoms with Crippen LogP contribution < -0.4 is 20.7 Å². The lowest BCUT2D eigenvalue weighted by atomic mass is 9.84. The maximum Gasteiger partial charge on any atom is 0.306 e. The van der Waals surface area contributed by atoms with Crippen LogP contribution in [0.1, 0.15) is 204 Å². The van der Waals surface area contributed by atoms with E-state index in [0.717, 1.165) is 70.6 Å². The van der Waals surface area contributed by atoms with Crippen LogP contribution in [0.2, 0.25) is 10.1 Å². The van der Waals surface area contributed by atoms with Crippen LogP contribution in [0, 0.1) is 11.8 Å². The van der Waals surface area contributed by atoms with E-state index in [-0.39, 0.29) is 34.0 Å². The molecule has 0 saturated carbocycles. The summed E-state index contributed by atoms with van der Waals surface area (Å²) in [5, 5.41) is 15.1. The quantitative estimate of drug-likeness (QED) is 0.0285. The summed E-state index contributed by atoms with van der Waals surface area (Å²) in [6, 6.07) is 42.8. The molecule has 3 atom stereocenters. The van der Waals surface area contributed by atoms with E-state index in [1.165, 1.54) is 78.5 Å². The van der Waals surface area contributed by atoms with Gasteiger partial charge >= 0.3 is 11.9 Å². The smallest absolute Gasteiger partial charge is 0.306 e. The first-order valence-electron chi connectivity index (χ1n) is 28.5. The molecule has 0 aromatic heterocycles. The number of benzene rings is 4. The van der Waals surface area contributed by atoms with E-state index in [2.05, 4.69) is 191 Å². The minimum Gasteiger partial charge on any atom is -0.481 e. The van der Waals surface area contributed by atoms with Crippen molar-refractivity contribution in [3.63, 3.8) is 0 Å². The molecule has 0 bridgehead atoms. The SMILES string of the molecule is CCCCCCC(CO[Si](c1ccccc1)(c1ccccc1)C(C)(C)C)C(CCCCCC)C(=O)O.CCCCCCCC(=O)OC(CCCCCC)CO[Si](c1ccccc1)(c1ccccc1)C(C)(C)C. The van der Waals surface area contributed by atoms with Gasteiger partial charge in [0.2, 0.25) is 0 Å². The maximum absolute atomic E-state index is 12.8. The highest BCUT2D eigenvalue weighted by Crippen LogP contribution is 2.39. The van der Waals surface area contributed by atoms with Gasteiger partial charge in [0.05, 0.1) is 12.5 Å². The van der Waals surface area contributed by atoms with Gasteiger partial charge in [0, 0.05) is 13.0 Å². The molecule has 0 spiro atoms. The van der Waals surface area contributed by atoms with Crippen LogP contribution in [0.15, 0.2) is 121 Å². The van der Waals surface area contributed by atoms with Crippen LogP contribution in [0.4, 0.5) is 0 Å². The van der Waals surface area contributed by atoms with Crippen molar-refractivity contribution < 1.29 is 28.3 Å². The van der Waals surface area contributed by atoms with Crippen LogP contribution >= 0.6 is 0 Å². The Labute approximate surface area is 442 Å². The van der Waals surface area contributed by atoms with Crippen molar-refractivity contribution in [3.05, 3.63) is 121 Å². The minimum absolute atomic E-state index is 0.0302. The van der Waals surface area contributed by atoms with E-state index >= 15 is 0 Å². The molecule has 0 saturated heterocycles. The Bertz CT molecular complexity index is 1920. The van der Waals surface area contributed by atoms with Crippen LogP contribution in [-0.4, -0.2) is 53.0 Å². The molecule has 0 aliphatic rings. The largest absolute Gasteiger partial charge is 0.481 e. The number of aliphatic carboxylic acids is 1. The predicted octanol–water partition coefficient (Wildman–Crippen LogP) is 15.6. The van der Waals surface area contributed by atoms with E-state index in [4.69, 9.17) is 13.6 Å². The number of hydrogen-bond donors (Lipinski definition) is 1. The van der Waals surface area contributed by atoms with E-state index in [0.29, 0.717) is 19.6 Å². The molecule has 6 nitrogen and oxygen atoms in total. The second-order valence-corrected chi connectivity index (χ2v) is 31.1. The number of rotatable bonds is 34. The summed E-state index contributed by atoms with van der Waals surface area (Å²) in [6.07, 6.45) is 22.2. The summed E-state index contributed by atoms with van der Waals surface area (Å²) >= 11 is 0. The van der Waals surface area contributed by atoms with Gasteiger partial charge in [-0.25, -0.2) is 0 Å². The number of esters is 1. The van der Waals surface area contributed by atoms with Gasteiger partial charge in [-0.1, -0.05) is 287 Å². The predicted molar refractivity (Wildman–Crippen MR) is 311 cm³/mol. The third kappa shape index (κ3) is 19.8. The Morgan fingerprint density at radius 2 is 0.778 bits per heavy atom. The third-order valence-corrected chi connectivity index (χ3v) is 24.7. The highest BCUT2D eigenvalue weighted by atomic mass is 28.4. The second-order valence-electron chi connectivity index (χ2n) is 22.5. The van der Waals surface area contributed by atoms with Gasteiger partial charge in [-0.3, -0.25) is 9.59 Å².